The number of rotatable bonds is 4. The Kier molecular flexibility index (Phi) is 7.61. The predicted octanol–water partition coefficient (Wildman–Crippen LogP) is 4.92. The number of benzene rings is 1. The molecule has 10 heteroatoms. The monoisotopic (exact) mass is 472 g/mol. The zero-order valence-electron chi connectivity index (χ0n) is 20.5. The number of amides is 2. The van der Waals surface area contributed by atoms with Gasteiger partial charge in [0.25, 0.3) is 0 Å². The fraction of sp³-hybridized carbons (Fsp3) is 0.500. The smallest absolute Gasteiger partial charge is 0.414 e. The second-order valence-electron chi connectivity index (χ2n) is 9.83. The first-order valence-corrected chi connectivity index (χ1v) is 11.1. The molecule has 0 spiro atoms. The van der Waals surface area contributed by atoms with E-state index in [2.05, 4.69) is 15.3 Å². The fourth-order valence-corrected chi connectivity index (χ4v) is 3.09. The minimum Gasteiger partial charge on any atom is -0.454 e. The summed E-state index contributed by atoms with van der Waals surface area (Å²) in [4.78, 5) is 34.1. The number of nitrogens with zero attached hydrogens (tertiary/aromatic N) is 3. The molecule has 2 aromatic rings. The van der Waals surface area contributed by atoms with E-state index in [9.17, 15) is 9.59 Å². The molecular formula is C24H32N4O6. The van der Waals surface area contributed by atoms with Gasteiger partial charge in [-0.1, -0.05) is 12.1 Å². The van der Waals surface area contributed by atoms with Crippen LogP contribution in [-0.2, 0) is 14.2 Å². The van der Waals surface area contributed by atoms with E-state index in [0.29, 0.717) is 31.2 Å². The fourth-order valence-electron chi connectivity index (χ4n) is 3.09. The number of carbonyl (C=O) groups is 2. The lowest BCUT2D eigenvalue weighted by Gasteiger charge is -2.34. The van der Waals surface area contributed by atoms with Crippen molar-refractivity contribution < 1.29 is 28.5 Å². The van der Waals surface area contributed by atoms with Crippen LogP contribution in [0.3, 0.4) is 0 Å². The summed E-state index contributed by atoms with van der Waals surface area (Å²) in [5.74, 6) is 1.06. The lowest BCUT2D eigenvalue weighted by Crippen LogP contribution is -2.44. The van der Waals surface area contributed by atoms with Crippen LogP contribution in [0, 0.1) is 0 Å². The highest BCUT2D eigenvalue weighted by Crippen LogP contribution is 2.28. The molecule has 2 amide bonds. The Morgan fingerprint density at radius 3 is 2.35 bits per heavy atom. The third kappa shape index (κ3) is 7.87. The maximum Gasteiger partial charge on any atom is 0.414 e. The number of hydrogen-bond donors (Lipinski definition) is 1. The van der Waals surface area contributed by atoms with Crippen molar-refractivity contribution in [3.05, 3.63) is 42.2 Å². The van der Waals surface area contributed by atoms with Crippen LogP contribution in [-0.4, -0.2) is 58.0 Å². The number of hydrogen-bond acceptors (Lipinski definition) is 8. The van der Waals surface area contributed by atoms with E-state index in [-0.39, 0.29) is 18.1 Å². The van der Waals surface area contributed by atoms with E-state index in [1.165, 1.54) is 12.4 Å². The topological polar surface area (TPSA) is 112 Å². The van der Waals surface area contributed by atoms with E-state index >= 15 is 0 Å². The van der Waals surface area contributed by atoms with Gasteiger partial charge < -0.3 is 23.8 Å². The summed E-state index contributed by atoms with van der Waals surface area (Å²) in [7, 11) is 0. The minimum atomic E-state index is -0.637. The van der Waals surface area contributed by atoms with E-state index in [1.54, 1.807) is 31.7 Å². The van der Waals surface area contributed by atoms with Gasteiger partial charge in [0.15, 0.2) is 5.75 Å². The highest BCUT2D eigenvalue weighted by atomic mass is 16.6. The molecule has 1 atom stereocenters. The largest absolute Gasteiger partial charge is 0.454 e. The molecule has 1 fully saturated rings. The molecule has 1 aliphatic rings. The van der Waals surface area contributed by atoms with Crippen molar-refractivity contribution in [1.29, 1.82) is 0 Å². The summed E-state index contributed by atoms with van der Waals surface area (Å²) in [6, 6.07) is 7.40. The van der Waals surface area contributed by atoms with Crippen molar-refractivity contribution in [2.45, 2.75) is 58.8 Å². The first kappa shape index (κ1) is 25.2. The third-order valence-corrected chi connectivity index (χ3v) is 4.42. The molecule has 3 rings (SSSR count). The molecule has 0 bridgehead atoms. The van der Waals surface area contributed by atoms with Crippen LogP contribution in [0.25, 0.3) is 0 Å². The van der Waals surface area contributed by atoms with E-state index in [0.717, 1.165) is 5.56 Å². The molecule has 1 saturated heterocycles. The van der Waals surface area contributed by atoms with Gasteiger partial charge in [0, 0.05) is 6.54 Å². The molecule has 34 heavy (non-hydrogen) atoms. The maximum atomic E-state index is 12.4. The number of morpholine rings is 1. The quantitative estimate of drug-likeness (QED) is 0.667. The summed E-state index contributed by atoms with van der Waals surface area (Å²) >= 11 is 0. The summed E-state index contributed by atoms with van der Waals surface area (Å²) in [5, 5.41) is 2.47. The predicted molar refractivity (Wildman–Crippen MR) is 125 cm³/mol. The van der Waals surface area contributed by atoms with Gasteiger partial charge in [0.05, 0.1) is 25.5 Å². The van der Waals surface area contributed by atoms with Gasteiger partial charge in [-0.2, -0.15) is 0 Å². The average molecular weight is 473 g/mol. The van der Waals surface area contributed by atoms with Crippen molar-refractivity contribution in [2.24, 2.45) is 0 Å². The Morgan fingerprint density at radius 2 is 1.71 bits per heavy atom. The number of anilines is 1. The number of ether oxygens (including phenoxy) is 4. The zero-order valence-corrected chi connectivity index (χ0v) is 20.5. The van der Waals surface area contributed by atoms with Crippen molar-refractivity contribution >= 4 is 18.1 Å². The van der Waals surface area contributed by atoms with Crippen molar-refractivity contribution in [3.8, 4) is 11.5 Å². The Hall–Kier alpha value is -3.40. The molecule has 2 heterocycles. The van der Waals surface area contributed by atoms with Gasteiger partial charge in [0.1, 0.15) is 23.1 Å². The summed E-state index contributed by atoms with van der Waals surface area (Å²) in [6.07, 6.45) is 1.61. The standard InChI is InChI=1S/C24H32N4O6/c1-23(2,3)33-21(29)27-20-25-13-18(14-26-20)32-17-9-7-8-16(12-17)19-15-28(10-11-31-19)22(30)34-24(4,5)6/h7-9,12-14,19H,10-11,15H2,1-6H3,(H,25,26,27,29)/t19-/m0/s1. The van der Waals surface area contributed by atoms with Crippen LogP contribution in [0.1, 0.15) is 53.2 Å². The molecule has 1 aromatic heterocycles. The molecule has 0 radical (unpaired) electrons. The number of nitrogens with one attached hydrogen (secondary N) is 1. The Labute approximate surface area is 199 Å². The molecule has 184 valence electrons. The van der Waals surface area contributed by atoms with Crippen LogP contribution in [0.4, 0.5) is 15.5 Å². The van der Waals surface area contributed by atoms with Gasteiger partial charge in [0.2, 0.25) is 5.95 Å². The first-order chi connectivity index (χ1) is 15.9. The van der Waals surface area contributed by atoms with E-state index in [1.807, 2.05) is 39.0 Å². The molecule has 10 nitrogen and oxygen atoms in total. The minimum absolute atomic E-state index is 0.105. The van der Waals surface area contributed by atoms with Crippen LogP contribution in [0.2, 0.25) is 0 Å². The van der Waals surface area contributed by atoms with Gasteiger partial charge in [-0.25, -0.2) is 19.6 Å². The van der Waals surface area contributed by atoms with Crippen LogP contribution in [0.15, 0.2) is 36.7 Å². The summed E-state index contributed by atoms with van der Waals surface area (Å²) in [5.41, 5.74) is -0.307. The van der Waals surface area contributed by atoms with Crippen LogP contribution >= 0.6 is 0 Å². The Balaban J connectivity index is 1.61. The normalized spacial score (nSPS) is 16.5. The van der Waals surface area contributed by atoms with Crippen LogP contribution in [0.5, 0.6) is 11.5 Å². The number of carbonyl (C=O) groups excluding carboxylic acids is 2. The SMILES string of the molecule is CC(C)(C)OC(=O)Nc1ncc(Oc2cccc([C@@H]3CN(C(=O)OC(C)(C)C)CCO3)c2)cn1. The Bertz CT molecular complexity index is 998. The molecule has 1 aromatic carbocycles. The second kappa shape index (κ2) is 10.3. The average Bonchev–Trinajstić information content (AvgIpc) is 2.73. The molecule has 0 aliphatic carbocycles. The second-order valence-corrected chi connectivity index (χ2v) is 9.83. The highest BCUT2D eigenvalue weighted by molar-refractivity contribution is 5.82. The van der Waals surface area contributed by atoms with E-state index < -0.39 is 17.3 Å². The molecule has 0 saturated carbocycles. The van der Waals surface area contributed by atoms with Gasteiger partial charge in [-0.3, -0.25) is 5.32 Å². The lowest BCUT2D eigenvalue weighted by atomic mass is 10.1. The Morgan fingerprint density at radius 1 is 1.03 bits per heavy atom. The van der Waals surface area contributed by atoms with Crippen LogP contribution < -0.4 is 10.1 Å². The molecule has 1 N–H and O–H groups in total. The third-order valence-electron chi connectivity index (χ3n) is 4.42. The van der Waals surface area contributed by atoms with E-state index in [4.69, 9.17) is 18.9 Å². The first-order valence-electron chi connectivity index (χ1n) is 11.1. The van der Waals surface area contributed by atoms with Crippen molar-refractivity contribution in [3.63, 3.8) is 0 Å². The highest BCUT2D eigenvalue weighted by Gasteiger charge is 2.29. The van der Waals surface area contributed by atoms with Crippen molar-refractivity contribution in [1.82, 2.24) is 14.9 Å². The summed E-state index contributed by atoms with van der Waals surface area (Å²) < 4.78 is 22.4. The zero-order chi connectivity index (χ0) is 24.9. The summed E-state index contributed by atoms with van der Waals surface area (Å²) in [6.45, 7) is 12.1. The maximum absolute atomic E-state index is 12.4. The lowest BCUT2D eigenvalue weighted by molar-refractivity contribution is -0.0433. The van der Waals surface area contributed by atoms with Crippen molar-refractivity contribution in [2.75, 3.05) is 25.0 Å². The molecule has 1 aliphatic heterocycles. The number of aromatic nitrogens is 2. The molecule has 0 unspecified atom stereocenters. The van der Waals surface area contributed by atoms with Gasteiger partial charge in [-0.15, -0.1) is 0 Å². The molecular weight excluding hydrogens is 440 g/mol. The van der Waals surface area contributed by atoms with Gasteiger partial charge >= 0.3 is 12.2 Å². The van der Waals surface area contributed by atoms with Gasteiger partial charge in [-0.05, 0) is 59.2 Å².